The second kappa shape index (κ2) is 10.5. The lowest BCUT2D eigenvalue weighted by Gasteiger charge is -2.17. The van der Waals surface area contributed by atoms with Crippen LogP contribution >= 0.6 is 0 Å². The molecule has 0 amide bonds. The molecule has 0 aliphatic rings. The van der Waals surface area contributed by atoms with Crippen molar-refractivity contribution in [2.24, 2.45) is 5.73 Å². The third kappa shape index (κ3) is 5.37. The van der Waals surface area contributed by atoms with Crippen molar-refractivity contribution >= 4 is 9.84 Å². The van der Waals surface area contributed by atoms with Gasteiger partial charge in [0.2, 0.25) is 0 Å². The van der Waals surface area contributed by atoms with Gasteiger partial charge in [0.25, 0.3) is 5.56 Å². The predicted molar refractivity (Wildman–Crippen MR) is 136 cm³/mol. The van der Waals surface area contributed by atoms with Gasteiger partial charge in [-0.3, -0.25) is 9.36 Å². The molecule has 2 N–H and O–H groups in total. The Kier molecular flexibility index (Phi) is 7.37. The Bertz CT molecular complexity index is 1670. The maximum atomic E-state index is 15.2. The summed E-state index contributed by atoms with van der Waals surface area (Å²) in [6.45, 7) is -0.212. The molecular formula is C26H25FN4O5S. The van der Waals surface area contributed by atoms with Crippen molar-refractivity contribution in [3.05, 3.63) is 116 Å². The summed E-state index contributed by atoms with van der Waals surface area (Å²) < 4.78 is 46.5. The van der Waals surface area contributed by atoms with E-state index in [0.29, 0.717) is 11.1 Å². The van der Waals surface area contributed by atoms with Crippen molar-refractivity contribution in [3.8, 4) is 11.4 Å². The van der Waals surface area contributed by atoms with Gasteiger partial charge in [-0.05, 0) is 29.3 Å². The number of nitrogens with two attached hydrogens (primary N) is 1. The molecule has 0 saturated carbocycles. The first kappa shape index (κ1) is 26.0. The van der Waals surface area contributed by atoms with E-state index in [1.54, 1.807) is 42.5 Å². The van der Waals surface area contributed by atoms with Gasteiger partial charge in [0.15, 0.2) is 21.4 Å². The summed E-state index contributed by atoms with van der Waals surface area (Å²) in [5, 5.41) is 4.18. The molecule has 9 nitrogen and oxygen atoms in total. The highest BCUT2D eigenvalue weighted by molar-refractivity contribution is 7.90. The number of hydrogen-bond acceptors (Lipinski definition) is 7. The number of hydrogen-bond donors (Lipinski definition) is 1. The number of benzene rings is 3. The molecule has 4 aromatic rings. The van der Waals surface area contributed by atoms with Gasteiger partial charge in [-0.15, -0.1) is 0 Å². The van der Waals surface area contributed by atoms with Crippen LogP contribution in [-0.2, 0) is 22.8 Å². The molecule has 0 fully saturated rings. The Morgan fingerprint density at radius 1 is 1.00 bits per heavy atom. The number of aromatic nitrogens is 3. The van der Waals surface area contributed by atoms with Crippen LogP contribution in [0.15, 0.2) is 87.3 Å². The van der Waals surface area contributed by atoms with Crippen LogP contribution in [-0.4, -0.2) is 36.1 Å². The highest BCUT2D eigenvalue weighted by Gasteiger charge is 2.22. The maximum absolute atomic E-state index is 15.2. The van der Waals surface area contributed by atoms with Crippen LogP contribution in [0.1, 0.15) is 22.9 Å². The van der Waals surface area contributed by atoms with Crippen LogP contribution < -0.4 is 21.7 Å². The van der Waals surface area contributed by atoms with E-state index >= 15 is 4.39 Å². The van der Waals surface area contributed by atoms with Crippen LogP contribution in [0, 0.1) is 5.82 Å². The standard InChI is InChI=1S/C26H25FN4O5S/c1-36-22-13-8-12-21(24(22)27)31-26(33)30(16-19(28)17-9-4-3-5-10-17)25(32)20(29-31)15-18-11-6-7-14-23(18)37(2,34)35/h3-14,19H,15-16,28H2,1-2H3. The zero-order valence-corrected chi connectivity index (χ0v) is 21.0. The minimum Gasteiger partial charge on any atom is -0.494 e. The fourth-order valence-corrected chi connectivity index (χ4v) is 4.95. The largest absolute Gasteiger partial charge is 0.494 e. The van der Waals surface area contributed by atoms with Gasteiger partial charge in [0.05, 0.1) is 18.6 Å². The van der Waals surface area contributed by atoms with Crippen molar-refractivity contribution in [2.75, 3.05) is 13.4 Å². The fourth-order valence-electron chi connectivity index (χ4n) is 4.01. The first-order valence-electron chi connectivity index (χ1n) is 11.3. The maximum Gasteiger partial charge on any atom is 0.352 e. The monoisotopic (exact) mass is 524 g/mol. The highest BCUT2D eigenvalue weighted by Crippen LogP contribution is 2.22. The molecule has 0 bridgehead atoms. The molecule has 3 aromatic carbocycles. The van der Waals surface area contributed by atoms with E-state index < -0.39 is 32.9 Å². The van der Waals surface area contributed by atoms with Crippen molar-refractivity contribution in [1.29, 1.82) is 0 Å². The lowest BCUT2D eigenvalue weighted by Crippen LogP contribution is -2.45. The third-order valence-electron chi connectivity index (χ3n) is 5.85. The lowest BCUT2D eigenvalue weighted by atomic mass is 10.1. The summed E-state index contributed by atoms with van der Waals surface area (Å²) in [6, 6.07) is 18.5. The topological polar surface area (TPSA) is 126 Å². The fraction of sp³-hybridized carbons (Fsp3) is 0.192. The van der Waals surface area contributed by atoms with E-state index in [4.69, 9.17) is 10.5 Å². The Labute approximate surface area is 212 Å². The van der Waals surface area contributed by atoms with Gasteiger partial charge < -0.3 is 10.5 Å². The average Bonchev–Trinajstić information content (AvgIpc) is 2.88. The number of rotatable bonds is 8. The molecule has 1 heterocycles. The number of methoxy groups -OCH3 is 1. The Balaban J connectivity index is 1.93. The first-order valence-corrected chi connectivity index (χ1v) is 13.2. The molecule has 1 atom stereocenters. The van der Waals surface area contributed by atoms with Crippen molar-refractivity contribution < 1.29 is 17.5 Å². The molecule has 0 saturated heterocycles. The molecule has 11 heteroatoms. The summed E-state index contributed by atoms with van der Waals surface area (Å²) in [5.41, 5.74) is 5.27. The zero-order valence-electron chi connectivity index (χ0n) is 20.2. The summed E-state index contributed by atoms with van der Waals surface area (Å²) in [6.07, 6.45) is 0.845. The molecule has 0 radical (unpaired) electrons. The van der Waals surface area contributed by atoms with E-state index in [-0.39, 0.29) is 35.0 Å². The average molecular weight is 525 g/mol. The van der Waals surface area contributed by atoms with E-state index in [0.717, 1.165) is 15.5 Å². The van der Waals surface area contributed by atoms with Crippen LogP contribution in [0.4, 0.5) is 4.39 Å². The minimum atomic E-state index is -3.62. The smallest absolute Gasteiger partial charge is 0.352 e. The molecule has 37 heavy (non-hydrogen) atoms. The van der Waals surface area contributed by atoms with Crippen molar-refractivity contribution in [2.45, 2.75) is 23.9 Å². The lowest BCUT2D eigenvalue weighted by molar-refractivity contribution is 0.384. The van der Waals surface area contributed by atoms with E-state index in [1.807, 2.05) is 6.07 Å². The second-order valence-corrected chi connectivity index (χ2v) is 10.4. The quantitative estimate of drug-likeness (QED) is 0.375. The summed E-state index contributed by atoms with van der Waals surface area (Å²) in [4.78, 5) is 26.9. The molecule has 4 rings (SSSR count). The van der Waals surface area contributed by atoms with Crippen molar-refractivity contribution in [1.82, 2.24) is 14.3 Å². The minimum absolute atomic E-state index is 0.0223. The second-order valence-electron chi connectivity index (χ2n) is 8.42. The van der Waals surface area contributed by atoms with Crippen LogP contribution in [0.5, 0.6) is 5.75 Å². The van der Waals surface area contributed by atoms with Gasteiger partial charge in [-0.25, -0.2) is 17.6 Å². The van der Waals surface area contributed by atoms with Gasteiger partial charge in [-0.1, -0.05) is 54.6 Å². The van der Waals surface area contributed by atoms with Gasteiger partial charge in [0, 0.05) is 18.7 Å². The first-order chi connectivity index (χ1) is 17.6. The molecule has 1 unspecified atom stereocenters. The number of ether oxygens (including phenoxy) is 1. The third-order valence-corrected chi connectivity index (χ3v) is 7.05. The Hall–Kier alpha value is -4.09. The summed E-state index contributed by atoms with van der Waals surface area (Å²) >= 11 is 0. The SMILES string of the molecule is COc1cccc(-n2nc(Cc3ccccc3S(C)(=O)=O)c(=O)n(CC(N)c3ccccc3)c2=O)c1F. The van der Waals surface area contributed by atoms with E-state index in [2.05, 4.69) is 5.10 Å². The van der Waals surface area contributed by atoms with Crippen molar-refractivity contribution in [3.63, 3.8) is 0 Å². The van der Waals surface area contributed by atoms with Crippen LogP contribution in [0.3, 0.4) is 0 Å². The molecule has 0 aliphatic carbocycles. The molecule has 192 valence electrons. The highest BCUT2D eigenvalue weighted by atomic mass is 32.2. The molecule has 0 aliphatic heterocycles. The Morgan fingerprint density at radius 3 is 2.35 bits per heavy atom. The van der Waals surface area contributed by atoms with Gasteiger partial charge >= 0.3 is 5.69 Å². The summed E-state index contributed by atoms with van der Waals surface area (Å²) in [5.74, 6) is -0.964. The van der Waals surface area contributed by atoms with Gasteiger partial charge in [0.1, 0.15) is 11.4 Å². The Morgan fingerprint density at radius 2 is 1.68 bits per heavy atom. The zero-order chi connectivity index (χ0) is 26.7. The number of halogens is 1. The number of sulfone groups is 1. The normalized spacial score (nSPS) is 12.3. The van der Waals surface area contributed by atoms with Gasteiger partial charge in [-0.2, -0.15) is 9.78 Å². The molecule has 1 aromatic heterocycles. The molecule has 0 spiro atoms. The predicted octanol–water partition coefficient (Wildman–Crippen LogP) is 2.24. The van der Waals surface area contributed by atoms with Crippen LogP contribution in [0.2, 0.25) is 0 Å². The van der Waals surface area contributed by atoms with E-state index in [9.17, 15) is 18.0 Å². The number of nitrogens with zero attached hydrogens (tertiary/aromatic N) is 3. The summed E-state index contributed by atoms with van der Waals surface area (Å²) in [7, 11) is -2.34. The van der Waals surface area contributed by atoms with E-state index in [1.165, 1.54) is 31.4 Å². The molecular weight excluding hydrogens is 499 g/mol. The van der Waals surface area contributed by atoms with Crippen LogP contribution in [0.25, 0.3) is 5.69 Å².